The molecule has 0 saturated carbocycles. The summed E-state index contributed by atoms with van der Waals surface area (Å²) in [7, 11) is 0. The second kappa shape index (κ2) is 5.81. The third kappa shape index (κ3) is 3.29. The molecule has 0 bridgehead atoms. The summed E-state index contributed by atoms with van der Waals surface area (Å²) in [5.74, 6) is -1.03. The fourth-order valence-electron chi connectivity index (χ4n) is 1.32. The number of carbonyl (C=O) groups is 1. The van der Waals surface area contributed by atoms with E-state index < -0.39 is 18.2 Å². The Morgan fingerprint density at radius 2 is 2.18 bits per heavy atom. The first-order valence-corrected chi connectivity index (χ1v) is 5.41. The summed E-state index contributed by atoms with van der Waals surface area (Å²) in [6, 6.07) is 1.19. The Morgan fingerprint density at radius 1 is 1.53 bits per heavy atom. The predicted molar refractivity (Wildman–Crippen MR) is 61.9 cm³/mol. The molecule has 17 heavy (non-hydrogen) atoms. The van der Waals surface area contributed by atoms with Gasteiger partial charge in [0.25, 0.3) is 0 Å². The molecular weight excluding hydrogens is 248 g/mol. The molecule has 0 radical (unpaired) electrons. The Kier molecular flexibility index (Phi) is 4.68. The number of nitrogens with zero attached hydrogens (tertiary/aromatic N) is 1. The van der Waals surface area contributed by atoms with Gasteiger partial charge in [-0.1, -0.05) is 0 Å². The quantitative estimate of drug-likeness (QED) is 0.569. The van der Waals surface area contributed by atoms with E-state index >= 15 is 0 Å². The fraction of sp³-hybridized carbons (Fsp3) is 0.400. The third-order valence-electron chi connectivity index (χ3n) is 2.28. The van der Waals surface area contributed by atoms with Gasteiger partial charge < -0.3 is 21.1 Å². The average molecular weight is 261 g/mol. The number of aliphatic hydroxyl groups is 2. The molecule has 5 N–H and O–H groups in total. The van der Waals surface area contributed by atoms with Gasteiger partial charge in [-0.2, -0.15) is 0 Å². The number of aromatic carboxylic acids is 1. The van der Waals surface area contributed by atoms with E-state index in [4.69, 9.17) is 22.4 Å². The van der Waals surface area contributed by atoms with Crippen molar-refractivity contribution in [3.63, 3.8) is 0 Å². The zero-order chi connectivity index (χ0) is 13.0. The molecule has 1 heterocycles. The van der Waals surface area contributed by atoms with E-state index in [1.165, 1.54) is 6.07 Å². The highest BCUT2D eigenvalue weighted by Crippen LogP contribution is 2.24. The number of rotatable bonds is 5. The smallest absolute Gasteiger partial charge is 0.337 e. The van der Waals surface area contributed by atoms with Crippen LogP contribution in [0.4, 0.5) is 5.82 Å². The minimum Gasteiger partial charge on any atom is -0.478 e. The van der Waals surface area contributed by atoms with Crippen molar-refractivity contribution in [2.75, 3.05) is 11.6 Å². The van der Waals surface area contributed by atoms with Crippen LogP contribution in [0.15, 0.2) is 12.3 Å². The van der Waals surface area contributed by atoms with Gasteiger partial charge in [-0.3, -0.25) is 0 Å². The molecule has 0 aliphatic rings. The molecule has 94 valence electrons. The van der Waals surface area contributed by atoms with Crippen LogP contribution >= 0.6 is 11.6 Å². The molecule has 2 atom stereocenters. The summed E-state index contributed by atoms with van der Waals surface area (Å²) in [6.07, 6.45) is -1.16. The number of carboxylic acid groups (broad SMARTS) is 1. The van der Waals surface area contributed by atoms with Gasteiger partial charge in [0.1, 0.15) is 11.9 Å². The summed E-state index contributed by atoms with van der Waals surface area (Å²) < 4.78 is 0. The molecule has 2 unspecified atom stereocenters. The molecule has 0 aliphatic heterocycles. The van der Waals surface area contributed by atoms with Gasteiger partial charge in [0.2, 0.25) is 0 Å². The Hall–Kier alpha value is -1.37. The van der Waals surface area contributed by atoms with Crippen LogP contribution in [0.5, 0.6) is 0 Å². The first-order valence-electron chi connectivity index (χ1n) is 4.88. The molecule has 0 spiro atoms. The number of aliphatic hydroxyl groups excluding tert-OH is 2. The highest BCUT2D eigenvalue weighted by molar-refractivity contribution is 6.17. The maximum atomic E-state index is 10.7. The number of aromatic nitrogens is 1. The predicted octanol–water partition coefficient (Wildman–Crippen LogP) is 0.385. The van der Waals surface area contributed by atoms with Crippen LogP contribution in [-0.4, -0.2) is 38.3 Å². The van der Waals surface area contributed by atoms with Crippen LogP contribution in [0.25, 0.3) is 0 Å². The number of anilines is 1. The highest BCUT2D eigenvalue weighted by atomic mass is 35.5. The summed E-state index contributed by atoms with van der Waals surface area (Å²) in [5.41, 5.74) is 5.50. The highest BCUT2D eigenvalue weighted by Gasteiger charge is 2.22. The molecule has 0 aromatic carbocycles. The fourth-order valence-corrected chi connectivity index (χ4v) is 1.55. The zero-order valence-electron chi connectivity index (χ0n) is 8.88. The first-order chi connectivity index (χ1) is 7.97. The lowest BCUT2D eigenvalue weighted by Crippen LogP contribution is -2.20. The maximum absolute atomic E-state index is 10.7. The minimum absolute atomic E-state index is 0.0175. The van der Waals surface area contributed by atoms with Crippen LogP contribution in [0.3, 0.4) is 0 Å². The SMILES string of the molecule is Nc1ncc(C(=O)O)cc1C(O)C(O)CCCl. The Balaban J connectivity index is 3.03. The number of hydrogen-bond acceptors (Lipinski definition) is 5. The minimum atomic E-state index is -1.31. The molecule has 1 aromatic rings. The van der Waals surface area contributed by atoms with Gasteiger partial charge >= 0.3 is 5.97 Å². The van der Waals surface area contributed by atoms with Gasteiger partial charge in [-0.15, -0.1) is 11.6 Å². The average Bonchev–Trinajstić information content (AvgIpc) is 2.28. The Bertz CT molecular complexity index is 413. The van der Waals surface area contributed by atoms with Crippen molar-refractivity contribution in [1.29, 1.82) is 0 Å². The van der Waals surface area contributed by atoms with Crippen molar-refractivity contribution in [2.24, 2.45) is 0 Å². The maximum Gasteiger partial charge on any atom is 0.337 e. The Labute approximate surface area is 103 Å². The normalized spacial score (nSPS) is 14.3. The van der Waals surface area contributed by atoms with Gasteiger partial charge in [-0.05, 0) is 12.5 Å². The molecule has 0 amide bonds. The molecule has 6 nitrogen and oxygen atoms in total. The van der Waals surface area contributed by atoms with Crippen molar-refractivity contribution in [3.8, 4) is 0 Å². The number of pyridine rings is 1. The van der Waals surface area contributed by atoms with Crippen LogP contribution in [0, 0.1) is 0 Å². The van der Waals surface area contributed by atoms with E-state index in [0.717, 1.165) is 6.20 Å². The van der Waals surface area contributed by atoms with Crippen LogP contribution < -0.4 is 5.73 Å². The van der Waals surface area contributed by atoms with Crippen molar-refractivity contribution in [2.45, 2.75) is 18.6 Å². The zero-order valence-corrected chi connectivity index (χ0v) is 9.63. The standard InChI is InChI=1S/C10H13ClN2O4/c11-2-1-7(14)8(15)6-3-5(10(16)17)4-13-9(6)12/h3-4,7-8,14-15H,1-2H2,(H2,12,13)(H,16,17). The molecule has 7 heteroatoms. The van der Waals surface area contributed by atoms with Crippen molar-refractivity contribution in [1.82, 2.24) is 4.98 Å². The second-order valence-corrected chi connectivity index (χ2v) is 3.87. The number of hydrogen-bond donors (Lipinski definition) is 4. The van der Waals surface area contributed by atoms with E-state index in [2.05, 4.69) is 4.98 Å². The first kappa shape index (κ1) is 13.7. The lowest BCUT2D eigenvalue weighted by Gasteiger charge is -2.18. The molecule has 0 aliphatic carbocycles. The van der Waals surface area contributed by atoms with E-state index in [-0.39, 0.29) is 29.2 Å². The second-order valence-electron chi connectivity index (χ2n) is 3.49. The number of nitrogen functional groups attached to an aromatic ring is 1. The van der Waals surface area contributed by atoms with Gasteiger partial charge in [0.15, 0.2) is 0 Å². The third-order valence-corrected chi connectivity index (χ3v) is 2.50. The molecule has 1 aromatic heterocycles. The Morgan fingerprint density at radius 3 is 2.71 bits per heavy atom. The summed E-state index contributed by atoms with van der Waals surface area (Å²) >= 11 is 5.44. The van der Waals surface area contributed by atoms with Crippen molar-refractivity contribution in [3.05, 3.63) is 23.4 Å². The summed E-state index contributed by atoms with van der Waals surface area (Å²) in [4.78, 5) is 14.4. The molecule has 0 saturated heterocycles. The van der Waals surface area contributed by atoms with Gasteiger partial charge in [-0.25, -0.2) is 9.78 Å². The lowest BCUT2D eigenvalue weighted by molar-refractivity contribution is 0.0172. The number of halogens is 1. The number of carboxylic acids is 1. The van der Waals surface area contributed by atoms with Crippen LogP contribution in [0.1, 0.15) is 28.4 Å². The van der Waals surface area contributed by atoms with Crippen LogP contribution in [-0.2, 0) is 0 Å². The monoisotopic (exact) mass is 260 g/mol. The van der Waals surface area contributed by atoms with Crippen molar-refractivity contribution < 1.29 is 20.1 Å². The lowest BCUT2D eigenvalue weighted by atomic mass is 10.0. The van der Waals surface area contributed by atoms with Gasteiger partial charge in [0, 0.05) is 17.6 Å². The van der Waals surface area contributed by atoms with Crippen molar-refractivity contribution >= 4 is 23.4 Å². The molecular formula is C10H13ClN2O4. The topological polar surface area (TPSA) is 117 Å². The number of nitrogens with two attached hydrogens (primary N) is 1. The van der Waals surface area contributed by atoms with E-state index in [1.807, 2.05) is 0 Å². The molecule has 1 rings (SSSR count). The van der Waals surface area contributed by atoms with E-state index in [9.17, 15) is 15.0 Å². The van der Waals surface area contributed by atoms with Gasteiger partial charge in [0.05, 0.1) is 11.7 Å². The number of alkyl halides is 1. The largest absolute Gasteiger partial charge is 0.478 e. The summed E-state index contributed by atoms with van der Waals surface area (Å²) in [5, 5.41) is 28.1. The van der Waals surface area contributed by atoms with E-state index in [0.29, 0.717) is 0 Å². The summed E-state index contributed by atoms with van der Waals surface area (Å²) in [6.45, 7) is 0. The van der Waals surface area contributed by atoms with Crippen LogP contribution in [0.2, 0.25) is 0 Å². The molecule has 0 fully saturated rings. The van der Waals surface area contributed by atoms with E-state index in [1.54, 1.807) is 0 Å².